The van der Waals surface area contributed by atoms with Gasteiger partial charge in [0, 0.05) is 45.0 Å². The van der Waals surface area contributed by atoms with Crippen LogP contribution in [0.25, 0.3) is 66.8 Å². The smallest absolute Gasteiger partial charge is 0.252 e. The molecule has 426 valence electrons. The number of anilines is 6. The molecule has 0 atom stereocenters. The fourth-order valence-corrected chi connectivity index (χ4v) is 13.4. The molecule has 3 nitrogen and oxygen atoms in total. The van der Waals surface area contributed by atoms with E-state index in [0.29, 0.717) is 5.56 Å². The van der Waals surface area contributed by atoms with E-state index in [4.69, 9.17) is 0 Å². The first-order valence-electron chi connectivity index (χ1n) is 30.9. The summed E-state index contributed by atoms with van der Waals surface area (Å²) in [4.78, 5) is 5.36. The number of rotatable bonds is 8. The first kappa shape index (κ1) is 56.7. The molecule has 0 saturated heterocycles. The van der Waals surface area contributed by atoms with Crippen LogP contribution in [0, 0.1) is 11.3 Å². The lowest BCUT2D eigenvalue weighted by molar-refractivity contribution is 0.590. The molecule has 2 aliphatic rings. The Labute approximate surface area is 517 Å². The lowest BCUT2D eigenvalue weighted by Gasteiger charge is -2.47. The molecule has 0 bridgehead atoms. The van der Waals surface area contributed by atoms with E-state index in [1.54, 1.807) is 0 Å². The van der Waals surface area contributed by atoms with Crippen LogP contribution in [0.1, 0.15) is 111 Å². The minimum Gasteiger partial charge on any atom is -0.310 e. The average Bonchev–Trinajstić information content (AvgIpc) is 0.692. The summed E-state index contributed by atoms with van der Waals surface area (Å²) >= 11 is 0. The van der Waals surface area contributed by atoms with Gasteiger partial charge in [-0.2, -0.15) is 5.26 Å². The summed E-state index contributed by atoms with van der Waals surface area (Å²) in [5.74, 6) is 0. The quantitative estimate of drug-likeness (QED) is 0.142. The molecule has 2 aliphatic heterocycles. The Morgan fingerprint density at radius 3 is 1.05 bits per heavy atom. The number of hydrogen-bond donors (Lipinski definition) is 0. The summed E-state index contributed by atoms with van der Waals surface area (Å²) in [5, 5.41) is 10.8. The van der Waals surface area contributed by atoms with Crippen molar-refractivity contribution in [2.24, 2.45) is 0 Å². The molecule has 0 saturated carbocycles. The van der Waals surface area contributed by atoms with Crippen LogP contribution in [0.4, 0.5) is 34.1 Å². The third-order valence-electron chi connectivity index (χ3n) is 18.1. The van der Waals surface area contributed by atoms with Crippen molar-refractivity contribution in [3.8, 4) is 72.8 Å². The van der Waals surface area contributed by atoms with Crippen LogP contribution >= 0.6 is 0 Å². The maximum atomic E-state index is 10.8. The molecule has 0 spiro atoms. The van der Waals surface area contributed by atoms with Crippen LogP contribution in [0.2, 0.25) is 0 Å². The van der Waals surface area contributed by atoms with E-state index in [0.717, 1.165) is 78.6 Å². The van der Waals surface area contributed by atoms with Gasteiger partial charge in [-0.15, -0.1) is 0 Å². The number of hydrogen-bond acceptors (Lipinski definition) is 3. The van der Waals surface area contributed by atoms with Gasteiger partial charge in [0.25, 0.3) is 6.71 Å². The molecule has 0 N–H and O–H groups in total. The summed E-state index contributed by atoms with van der Waals surface area (Å²) in [7, 11) is 0. The van der Waals surface area contributed by atoms with Crippen molar-refractivity contribution in [1.29, 1.82) is 5.26 Å². The second-order valence-corrected chi connectivity index (χ2v) is 28.1. The summed E-state index contributed by atoms with van der Waals surface area (Å²) in [5.41, 5.74) is 28.8. The number of benzene rings is 11. The second-order valence-electron chi connectivity index (χ2n) is 28.1. The van der Waals surface area contributed by atoms with Gasteiger partial charge in [0.15, 0.2) is 0 Å². The molecule has 11 aromatic rings. The molecule has 13 rings (SSSR count). The third kappa shape index (κ3) is 10.2. The van der Waals surface area contributed by atoms with Crippen molar-refractivity contribution < 1.29 is 0 Å². The van der Waals surface area contributed by atoms with Crippen molar-refractivity contribution in [1.82, 2.24) is 0 Å². The molecule has 2 heterocycles. The zero-order valence-corrected chi connectivity index (χ0v) is 52.5. The highest BCUT2D eigenvalue weighted by Gasteiger charge is 2.47. The van der Waals surface area contributed by atoms with Gasteiger partial charge in [0.1, 0.15) is 0 Å². The van der Waals surface area contributed by atoms with Gasteiger partial charge in [-0.3, -0.25) is 0 Å². The van der Waals surface area contributed by atoms with Gasteiger partial charge >= 0.3 is 0 Å². The van der Waals surface area contributed by atoms with Crippen molar-refractivity contribution in [2.75, 3.05) is 9.80 Å². The molecule has 0 radical (unpaired) electrons. The molecule has 0 aromatic heterocycles. The maximum Gasteiger partial charge on any atom is 0.252 e. The predicted octanol–water partition coefficient (Wildman–Crippen LogP) is 20.8. The molecular weight excluding hydrogens is 1050 g/mol. The zero-order chi connectivity index (χ0) is 60.7. The fourth-order valence-electron chi connectivity index (χ4n) is 13.4. The van der Waals surface area contributed by atoms with Gasteiger partial charge < -0.3 is 9.80 Å². The van der Waals surface area contributed by atoms with E-state index < -0.39 is 0 Å². The van der Waals surface area contributed by atoms with Gasteiger partial charge in [-0.25, -0.2) is 0 Å². The predicted molar refractivity (Wildman–Crippen MR) is 373 cm³/mol. The summed E-state index contributed by atoms with van der Waals surface area (Å²) in [6.45, 7) is 28.0. The van der Waals surface area contributed by atoms with E-state index in [9.17, 15) is 5.26 Å². The Morgan fingerprint density at radius 2 is 0.655 bits per heavy atom. The number of fused-ring (bicyclic) bond motifs is 4. The molecule has 4 heteroatoms. The van der Waals surface area contributed by atoms with Crippen molar-refractivity contribution in [3.63, 3.8) is 0 Å². The summed E-state index contributed by atoms with van der Waals surface area (Å²) < 4.78 is 0. The molecule has 87 heavy (non-hydrogen) atoms. The van der Waals surface area contributed by atoms with Gasteiger partial charge in [-0.05, 0) is 159 Å². The Hall–Kier alpha value is -9.43. The highest BCUT2D eigenvalue weighted by Crippen LogP contribution is 2.56. The van der Waals surface area contributed by atoms with Gasteiger partial charge in [-0.1, -0.05) is 271 Å². The average molecular weight is 1130 g/mol. The van der Waals surface area contributed by atoms with Crippen LogP contribution in [-0.4, -0.2) is 6.71 Å². The number of nitriles is 1. The molecular formula is C83H76BN3. The zero-order valence-electron chi connectivity index (χ0n) is 52.5. The monoisotopic (exact) mass is 1130 g/mol. The SMILES string of the molecule is CC(C)(C)c1cc(-c2ccccc2)c(N2c3ccc(-c4ccccc4C#N)cc3B3c4cc(-c5ccccc5)c(C(C)(C)C)cc4N(c4c(-c5ccccc5)cc(C(C)(C)C)cc4-c4ccccc4)c4cc(C(C)(C)C)cc2c43)c(-c2ccccc2)c1. The standard InChI is InChI=1S/C83H76BN3/c1-80(2,3)61-45-66(55-32-20-14-21-33-55)78(67(46-61)56-34-22-15-23-35-56)86-73-43-42-59(64-41-29-28-40-60(64)53-85)44-71(73)84-72-51-65(54-30-18-13-19-31-54)70(83(10,11)12)52-74(72)87(76-50-63(82(7,8)9)49-75(86)77(76)84)79-68(57-36-24-16-25-37-57)47-62(81(4,5)6)48-69(79)58-38-26-17-27-39-58/h13-52H,1-12H3. The first-order valence-corrected chi connectivity index (χ1v) is 30.9. The lowest BCUT2D eigenvalue weighted by atomic mass is 9.33. The van der Waals surface area contributed by atoms with E-state index in [1.807, 2.05) is 12.1 Å². The highest BCUT2D eigenvalue weighted by atomic mass is 15.2. The minimum atomic E-state index is -0.293. The van der Waals surface area contributed by atoms with Crippen LogP contribution in [0.5, 0.6) is 0 Å². The second kappa shape index (κ2) is 21.5. The Balaban J connectivity index is 1.28. The molecule has 11 aromatic carbocycles. The van der Waals surface area contributed by atoms with Crippen LogP contribution in [-0.2, 0) is 21.7 Å². The van der Waals surface area contributed by atoms with Gasteiger partial charge in [0.2, 0.25) is 0 Å². The molecule has 0 fully saturated rings. The van der Waals surface area contributed by atoms with E-state index >= 15 is 0 Å². The van der Waals surface area contributed by atoms with Crippen molar-refractivity contribution in [3.05, 3.63) is 270 Å². The Bertz CT molecular complexity index is 4350. The summed E-state index contributed by atoms with van der Waals surface area (Å²) in [6.07, 6.45) is 0. The van der Waals surface area contributed by atoms with Crippen molar-refractivity contribution >= 4 is 57.2 Å². The molecule has 0 amide bonds. The fraction of sp³-hybridized carbons (Fsp3) is 0.193. The van der Waals surface area contributed by atoms with E-state index in [2.05, 4.69) is 329 Å². The minimum absolute atomic E-state index is 0.173. The molecule has 0 unspecified atom stereocenters. The van der Waals surface area contributed by atoms with Gasteiger partial charge in [0.05, 0.1) is 23.0 Å². The summed E-state index contributed by atoms with van der Waals surface area (Å²) in [6, 6.07) is 93.2. The normalized spacial score (nSPS) is 13.0. The highest BCUT2D eigenvalue weighted by molar-refractivity contribution is 7.00. The molecule has 0 aliphatic carbocycles. The largest absolute Gasteiger partial charge is 0.310 e. The van der Waals surface area contributed by atoms with E-state index in [-0.39, 0.29) is 28.4 Å². The van der Waals surface area contributed by atoms with E-state index in [1.165, 1.54) is 60.9 Å². The third-order valence-corrected chi connectivity index (χ3v) is 18.1. The van der Waals surface area contributed by atoms with Crippen LogP contribution in [0.3, 0.4) is 0 Å². The van der Waals surface area contributed by atoms with Crippen LogP contribution in [0.15, 0.2) is 243 Å². The Kier molecular flexibility index (Phi) is 14.0. The van der Waals surface area contributed by atoms with Crippen molar-refractivity contribution in [2.45, 2.75) is 105 Å². The maximum absolute atomic E-state index is 10.8. The topological polar surface area (TPSA) is 30.3 Å². The first-order chi connectivity index (χ1) is 41.7. The van der Waals surface area contributed by atoms with Crippen LogP contribution < -0.4 is 26.2 Å². The number of nitrogens with zero attached hydrogens (tertiary/aromatic N) is 3. The lowest BCUT2D eigenvalue weighted by Crippen LogP contribution is -2.61. The Morgan fingerprint density at radius 1 is 0.299 bits per heavy atom.